The zero-order valence-electron chi connectivity index (χ0n) is 8.92. The molecule has 1 aromatic rings. The van der Waals surface area contributed by atoms with Gasteiger partial charge in [-0.25, -0.2) is 0 Å². The number of hydrogen-bond acceptors (Lipinski definition) is 4. The third-order valence-corrected chi connectivity index (χ3v) is 3.09. The van der Waals surface area contributed by atoms with Crippen molar-refractivity contribution < 1.29 is 5.11 Å². The third kappa shape index (κ3) is 2.82. The monoisotopic (exact) mass is 273 g/mol. The van der Waals surface area contributed by atoms with Crippen molar-refractivity contribution >= 4 is 27.3 Å². The zero-order valence-corrected chi connectivity index (χ0v) is 10.5. The fraction of sp³-hybridized carbons (Fsp3) is 0.500. The predicted octanol–water partition coefficient (Wildman–Crippen LogP) is 2.00. The molecule has 0 fully saturated rings. The van der Waals surface area contributed by atoms with Crippen molar-refractivity contribution in [2.75, 3.05) is 17.7 Å². The highest BCUT2D eigenvalue weighted by Gasteiger charge is 2.22. The molecule has 15 heavy (non-hydrogen) atoms. The van der Waals surface area contributed by atoms with Gasteiger partial charge in [0.25, 0.3) is 0 Å². The Balaban J connectivity index is 2.98. The lowest BCUT2D eigenvalue weighted by atomic mass is 10.00. The summed E-state index contributed by atoms with van der Waals surface area (Å²) in [5.74, 6) is 0. The summed E-state index contributed by atoms with van der Waals surface area (Å²) in [4.78, 5) is 3.95. The maximum atomic E-state index is 9.29. The zero-order chi connectivity index (χ0) is 11.5. The number of rotatable bonds is 4. The highest BCUT2D eigenvalue weighted by Crippen LogP contribution is 2.30. The Morgan fingerprint density at radius 3 is 2.73 bits per heavy atom. The van der Waals surface area contributed by atoms with Crippen LogP contribution in [0.15, 0.2) is 16.9 Å². The lowest BCUT2D eigenvalue weighted by Crippen LogP contribution is -2.38. The second kappa shape index (κ2) is 4.81. The van der Waals surface area contributed by atoms with Crippen molar-refractivity contribution in [1.82, 2.24) is 4.98 Å². The number of nitrogens with one attached hydrogen (secondary N) is 1. The number of pyridine rings is 1. The number of halogens is 1. The van der Waals surface area contributed by atoms with Crippen molar-refractivity contribution in [2.24, 2.45) is 0 Å². The number of nitrogen functional groups attached to an aromatic ring is 1. The molecule has 0 aliphatic heterocycles. The summed E-state index contributed by atoms with van der Waals surface area (Å²) in [5.41, 5.74) is 6.79. The number of aromatic nitrogens is 1. The van der Waals surface area contributed by atoms with Crippen molar-refractivity contribution in [3.8, 4) is 0 Å². The van der Waals surface area contributed by atoms with E-state index in [1.165, 1.54) is 0 Å². The van der Waals surface area contributed by atoms with Crippen LogP contribution in [-0.2, 0) is 0 Å². The van der Waals surface area contributed by atoms with Crippen molar-refractivity contribution in [2.45, 2.75) is 25.8 Å². The van der Waals surface area contributed by atoms with Gasteiger partial charge in [-0.1, -0.05) is 6.92 Å². The molecule has 4 N–H and O–H groups in total. The van der Waals surface area contributed by atoms with Gasteiger partial charge in [-0.3, -0.25) is 4.98 Å². The van der Waals surface area contributed by atoms with Crippen LogP contribution < -0.4 is 11.1 Å². The quantitative estimate of drug-likeness (QED) is 0.785. The average Bonchev–Trinajstić information content (AvgIpc) is 2.23. The molecule has 0 radical (unpaired) electrons. The van der Waals surface area contributed by atoms with Gasteiger partial charge in [-0.15, -0.1) is 0 Å². The second-order valence-electron chi connectivity index (χ2n) is 3.78. The highest BCUT2D eigenvalue weighted by molar-refractivity contribution is 9.10. The lowest BCUT2D eigenvalue weighted by molar-refractivity contribution is 0.219. The van der Waals surface area contributed by atoms with Crippen LogP contribution in [-0.4, -0.2) is 22.2 Å². The molecule has 0 saturated heterocycles. The van der Waals surface area contributed by atoms with Crippen LogP contribution in [0.4, 0.5) is 11.4 Å². The Bertz CT molecular complexity index is 319. The fourth-order valence-corrected chi connectivity index (χ4v) is 1.57. The molecule has 0 aliphatic carbocycles. The maximum absolute atomic E-state index is 9.29. The fourth-order valence-electron chi connectivity index (χ4n) is 1.12. The van der Waals surface area contributed by atoms with E-state index in [9.17, 15) is 5.11 Å². The van der Waals surface area contributed by atoms with E-state index >= 15 is 0 Å². The van der Waals surface area contributed by atoms with Crippen molar-refractivity contribution in [1.29, 1.82) is 0 Å². The van der Waals surface area contributed by atoms with Crippen LogP contribution in [0.2, 0.25) is 0 Å². The van der Waals surface area contributed by atoms with E-state index < -0.39 is 0 Å². The Hall–Kier alpha value is -0.810. The van der Waals surface area contributed by atoms with Gasteiger partial charge < -0.3 is 16.2 Å². The number of aliphatic hydroxyl groups is 1. The summed E-state index contributed by atoms with van der Waals surface area (Å²) < 4.78 is 0.802. The molecule has 84 valence electrons. The molecule has 1 aromatic heterocycles. The van der Waals surface area contributed by atoms with E-state index in [-0.39, 0.29) is 12.1 Å². The highest BCUT2D eigenvalue weighted by atomic mass is 79.9. The summed E-state index contributed by atoms with van der Waals surface area (Å²) in [6, 6.07) is 0. The molecule has 5 heteroatoms. The minimum Gasteiger partial charge on any atom is -0.396 e. The number of hydrogen-bond donors (Lipinski definition) is 3. The molecule has 0 aromatic carbocycles. The summed E-state index contributed by atoms with van der Waals surface area (Å²) in [6.07, 6.45) is 4.06. The molecular formula is C10H16BrN3O. The van der Waals surface area contributed by atoms with E-state index in [1.54, 1.807) is 12.4 Å². The van der Waals surface area contributed by atoms with Crippen LogP contribution in [0.1, 0.15) is 20.3 Å². The van der Waals surface area contributed by atoms with Gasteiger partial charge in [0, 0.05) is 6.20 Å². The maximum Gasteiger partial charge on any atom is 0.0755 e. The third-order valence-electron chi connectivity index (χ3n) is 2.49. The van der Waals surface area contributed by atoms with Crippen LogP contribution >= 0.6 is 15.9 Å². The van der Waals surface area contributed by atoms with Gasteiger partial charge in [0.05, 0.1) is 34.2 Å². The average molecular weight is 274 g/mol. The minimum atomic E-state index is -0.363. The molecule has 1 unspecified atom stereocenters. The molecule has 0 bridgehead atoms. The van der Waals surface area contributed by atoms with Gasteiger partial charge in [-0.05, 0) is 29.3 Å². The first-order valence-corrected chi connectivity index (χ1v) is 5.59. The molecule has 1 rings (SSSR count). The molecule has 0 aliphatic rings. The van der Waals surface area contributed by atoms with Crippen LogP contribution in [0.3, 0.4) is 0 Å². The van der Waals surface area contributed by atoms with Gasteiger partial charge in [0.1, 0.15) is 0 Å². The summed E-state index contributed by atoms with van der Waals surface area (Å²) >= 11 is 3.37. The summed E-state index contributed by atoms with van der Waals surface area (Å²) in [5, 5.41) is 12.5. The van der Waals surface area contributed by atoms with Gasteiger partial charge >= 0.3 is 0 Å². The first kappa shape index (κ1) is 12.3. The van der Waals surface area contributed by atoms with Gasteiger partial charge in [0.15, 0.2) is 0 Å². The Labute approximate surface area is 98.0 Å². The molecular weight excluding hydrogens is 258 g/mol. The van der Waals surface area contributed by atoms with Crippen LogP contribution in [0, 0.1) is 0 Å². The first-order valence-electron chi connectivity index (χ1n) is 4.80. The molecule has 1 atom stereocenters. The normalized spacial score (nSPS) is 14.7. The predicted molar refractivity (Wildman–Crippen MR) is 65.8 cm³/mol. The minimum absolute atomic E-state index is 0.0533. The Kier molecular flexibility index (Phi) is 3.93. The number of nitrogens with zero attached hydrogens (tertiary/aromatic N) is 1. The summed E-state index contributed by atoms with van der Waals surface area (Å²) in [6.45, 7) is 4.01. The largest absolute Gasteiger partial charge is 0.396 e. The smallest absolute Gasteiger partial charge is 0.0755 e. The molecule has 1 heterocycles. The molecule has 4 nitrogen and oxygen atoms in total. The summed E-state index contributed by atoms with van der Waals surface area (Å²) in [7, 11) is 0. The van der Waals surface area contributed by atoms with E-state index in [1.807, 2.05) is 13.8 Å². The second-order valence-corrected chi connectivity index (χ2v) is 4.64. The SMILES string of the molecule is CCC(C)(CO)Nc1c(N)cncc1Br. The Morgan fingerprint density at radius 2 is 2.27 bits per heavy atom. The van der Waals surface area contributed by atoms with E-state index in [2.05, 4.69) is 26.2 Å². The van der Waals surface area contributed by atoms with Crippen LogP contribution in [0.5, 0.6) is 0 Å². The van der Waals surface area contributed by atoms with Crippen molar-refractivity contribution in [3.63, 3.8) is 0 Å². The molecule has 0 spiro atoms. The first-order chi connectivity index (χ1) is 7.02. The topological polar surface area (TPSA) is 71.2 Å². The Morgan fingerprint density at radius 1 is 1.60 bits per heavy atom. The lowest BCUT2D eigenvalue weighted by Gasteiger charge is -2.29. The van der Waals surface area contributed by atoms with Gasteiger partial charge in [0.2, 0.25) is 0 Å². The number of nitrogens with two attached hydrogens (primary N) is 1. The number of aliphatic hydroxyl groups excluding tert-OH is 1. The molecule has 0 amide bonds. The van der Waals surface area contributed by atoms with E-state index in [0.29, 0.717) is 5.69 Å². The molecule has 0 saturated carbocycles. The van der Waals surface area contributed by atoms with Gasteiger partial charge in [-0.2, -0.15) is 0 Å². The standard InChI is InChI=1S/C10H16BrN3O/c1-3-10(2,6-15)14-9-7(11)4-13-5-8(9)12/h4-5,15H,3,6,12H2,1-2H3,(H,13,14). The number of anilines is 2. The van der Waals surface area contributed by atoms with Crippen molar-refractivity contribution in [3.05, 3.63) is 16.9 Å². The van der Waals surface area contributed by atoms with E-state index in [0.717, 1.165) is 16.6 Å². The van der Waals surface area contributed by atoms with E-state index in [4.69, 9.17) is 5.73 Å². The van der Waals surface area contributed by atoms with Crippen LogP contribution in [0.25, 0.3) is 0 Å².